The molecular weight excluding hydrogens is 266 g/mol. The van der Waals surface area contributed by atoms with E-state index < -0.39 is 12.0 Å². The molecular formula is C17H21NO3. The Morgan fingerprint density at radius 2 is 1.95 bits per heavy atom. The first-order valence-corrected chi connectivity index (χ1v) is 7.65. The second kappa shape index (κ2) is 5.51. The molecule has 0 bridgehead atoms. The van der Waals surface area contributed by atoms with Crippen LogP contribution in [0.4, 0.5) is 0 Å². The lowest BCUT2D eigenvalue weighted by atomic mass is 9.98. The Balaban J connectivity index is 1.72. The van der Waals surface area contributed by atoms with E-state index in [1.54, 1.807) is 0 Å². The van der Waals surface area contributed by atoms with Crippen LogP contribution in [-0.4, -0.2) is 17.0 Å². The van der Waals surface area contributed by atoms with Crippen molar-refractivity contribution in [1.29, 1.82) is 0 Å². The smallest absolute Gasteiger partial charge is 0.305 e. The predicted molar refractivity (Wildman–Crippen MR) is 78.6 cm³/mol. The third-order valence-electron chi connectivity index (χ3n) is 4.97. The highest BCUT2D eigenvalue weighted by Crippen LogP contribution is 2.57. The molecule has 0 saturated heterocycles. The zero-order chi connectivity index (χ0) is 15.0. The normalized spacial score (nSPS) is 27.8. The van der Waals surface area contributed by atoms with Gasteiger partial charge in [0.05, 0.1) is 12.5 Å². The van der Waals surface area contributed by atoms with Gasteiger partial charge >= 0.3 is 5.97 Å². The molecule has 3 rings (SSSR count). The average molecular weight is 287 g/mol. The number of carbonyl (C=O) groups is 2. The molecule has 2 saturated carbocycles. The van der Waals surface area contributed by atoms with Crippen LogP contribution in [0.25, 0.3) is 0 Å². The Bertz CT molecular complexity index is 559. The van der Waals surface area contributed by atoms with E-state index in [-0.39, 0.29) is 18.2 Å². The standard InChI is InChI=1S/C17H21NO3/c1-10-5-2-3-6-11(10)14(9-15(19)20)18-17(21)16-12-7-4-8-13(12)16/h2-3,5-6,12-14,16H,4,7-9H2,1H3,(H,18,21)(H,19,20)/t12-,13-,14-/m0/s1. The molecule has 2 N–H and O–H groups in total. The Morgan fingerprint density at radius 3 is 2.57 bits per heavy atom. The zero-order valence-corrected chi connectivity index (χ0v) is 12.2. The fraction of sp³-hybridized carbons (Fsp3) is 0.529. The van der Waals surface area contributed by atoms with Crippen molar-refractivity contribution in [1.82, 2.24) is 5.32 Å². The van der Waals surface area contributed by atoms with Gasteiger partial charge in [0, 0.05) is 5.92 Å². The van der Waals surface area contributed by atoms with Crippen molar-refractivity contribution >= 4 is 11.9 Å². The number of benzene rings is 1. The number of aliphatic carboxylic acids is 1. The number of amides is 1. The lowest BCUT2D eigenvalue weighted by Crippen LogP contribution is -2.32. The number of carboxylic acid groups (broad SMARTS) is 1. The summed E-state index contributed by atoms with van der Waals surface area (Å²) in [6, 6.07) is 7.22. The third kappa shape index (κ3) is 2.80. The summed E-state index contributed by atoms with van der Waals surface area (Å²) in [5.74, 6) is 0.373. The van der Waals surface area contributed by atoms with Crippen LogP contribution in [0, 0.1) is 24.7 Å². The van der Waals surface area contributed by atoms with Crippen molar-refractivity contribution in [3.8, 4) is 0 Å². The average Bonchev–Trinajstić information content (AvgIpc) is 2.92. The van der Waals surface area contributed by atoms with E-state index >= 15 is 0 Å². The van der Waals surface area contributed by atoms with Crippen LogP contribution in [0.2, 0.25) is 0 Å². The Hall–Kier alpha value is -1.84. The van der Waals surface area contributed by atoms with Crippen molar-refractivity contribution in [2.24, 2.45) is 17.8 Å². The van der Waals surface area contributed by atoms with Gasteiger partial charge in [-0.05, 0) is 42.7 Å². The number of aryl methyl sites for hydroxylation is 1. The molecule has 2 fully saturated rings. The van der Waals surface area contributed by atoms with Crippen molar-refractivity contribution < 1.29 is 14.7 Å². The first-order valence-electron chi connectivity index (χ1n) is 7.65. The number of rotatable bonds is 5. The first kappa shape index (κ1) is 14.1. The summed E-state index contributed by atoms with van der Waals surface area (Å²) < 4.78 is 0. The highest BCUT2D eigenvalue weighted by atomic mass is 16.4. The van der Waals surface area contributed by atoms with E-state index in [4.69, 9.17) is 5.11 Å². The molecule has 21 heavy (non-hydrogen) atoms. The van der Waals surface area contributed by atoms with E-state index in [0.717, 1.165) is 24.0 Å². The first-order chi connectivity index (χ1) is 10.1. The maximum atomic E-state index is 12.4. The molecule has 112 valence electrons. The molecule has 0 aliphatic heterocycles. The summed E-state index contributed by atoms with van der Waals surface area (Å²) >= 11 is 0. The van der Waals surface area contributed by atoms with E-state index in [1.807, 2.05) is 31.2 Å². The molecule has 0 spiro atoms. The number of hydrogen-bond donors (Lipinski definition) is 2. The molecule has 0 radical (unpaired) electrons. The van der Waals surface area contributed by atoms with Crippen molar-refractivity contribution in [2.75, 3.05) is 0 Å². The number of hydrogen-bond acceptors (Lipinski definition) is 2. The summed E-state index contributed by atoms with van der Waals surface area (Å²) in [5.41, 5.74) is 1.92. The minimum atomic E-state index is -0.889. The lowest BCUT2D eigenvalue weighted by Gasteiger charge is -2.20. The van der Waals surface area contributed by atoms with Crippen LogP contribution in [0.3, 0.4) is 0 Å². The molecule has 3 atom stereocenters. The minimum absolute atomic E-state index is 0.0409. The second-order valence-electron chi connectivity index (χ2n) is 6.30. The molecule has 2 aliphatic carbocycles. The molecule has 4 heteroatoms. The van der Waals surface area contributed by atoms with Gasteiger partial charge in [0.25, 0.3) is 0 Å². The minimum Gasteiger partial charge on any atom is -0.481 e. The van der Waals surface area contributed by atoms with Crippen molar-refractivity contribution in [3.63, 3.8) is 0 Å². The summed E-state index contributed by atoms with van der Waals surface area (Å²) in [4.78, 5) is 23.5. The fourth-order valence-electron chi connectivity index (χ4n) is 3.87. The highest BCUT2D eigenvalue weighted by molar-refractivity contribution is 5.83. The largest absolute Gasteiger partial charge is 0.481 e. The fourth-order valence-corrected chi connectivity index (χ4v) is 3.87. The molecule has 2 aliphatic rings. The maximum Gasteiger partial charge on any atom is 0.305 e. The van der Waals surface area contributed by atoms with Crippen LogP contribution in [-0.2, 0) is 9.59 Å². The van der Waals surface area contributed by atoms with Crippen molar-refractivity contribution in [2.45, 2.75) is 38.6 Å². The molecule has 1 aromatic carbocycles. The van der Waals surface area contributed by atoms with Gasteiger partial charge < -0.3 is 10.4 Å². The molecule has 0 aromatic heterocycles. The maximum absolute atomic E-state index is 12.4. The van der Waals surface area contributed by atoms with Crippen LogP contribution in [0.15, 0.2) is 24.3 Å². The van der Waals surface area contributed by atoms with Crippen LogP contribution in [0.5, 0.6) is 0 Å². The van der Waals surface area contributed by atoms with Gasteiger partial charge in [-0.15, -0.1) is 0 Å². The van der Waals surface area contributed by atoms with E-state index in [1.165, 1.54) is 6.42 Å². The highest BCUT2D eigenvalue weighted by Gasteiger charge is 2.56. The Kier molecular flexibility index (Phi) is 3.70. The lowest BCUT2D eigenvalue weighted by molar-refractivity contribution is -0.137. The quantitative estimate of drug-likeness (QED) is 0.875. The number of fused-ring (bicyclic) bond motifs is 1. The third-order valence-corrected chi connectivity index (χ3v) is 4.97. The number of carboxylic acids is 1. The van der Waals surface area contributed by atoms with Gasteiger partial charge in [-0.25, -0.2) is 0 Å². The van der Waals surface area contributed by atoms with Gasteiger partial charge in [0.2, 0.25) is 5.91 Å². The predicted octanol–water partition coefficient (Wildman–Crippen LogP) is 2.67. The van der Waals surface area contributed by atoms with Crippen molar-refractivity contribution in [3.05, 3.63) is 35.4 Å². The summed E-state index contributed by atoms with van der Waals surface area (Å²) in [6.07, 6.45) is 3.46. The topological polar surface area (TPSA) is 66.4 Å². The van der Waals surface area contributed by atoms with E-state index in [9.17, 15) is 9.59 Å². The van der Waals surface area contributed by atoms with Crippen LogP contribution >= 0.6 is 0 Å². The molecule has 0 heterocycles. The van der Waals surface area contributed by atoms with Crippen LogP contribution < -0.4 is 5.32 Å². The number of carbonyl (C=O) groups excluding carboxylic acids is 1. The monoisotopic (exact) mass is 287 g/mol. The van der Waals surface area contributed by atoms with Gasteiger partial charge in [0.15, 0.2) is 0 Å². The van der Waals surface area contributed by atoms with E-state index in [2.05, 4.69) is 5.32 Å². The second-order valence-corrected chi connectivity index (χ2v) is 6.30. The van der Waals surface area contributed by atoms with Gasteiger partial charge in [-0.3, -0.25) is 9.59 Å². The molecule has 0 unspecified atom stereocenters. The molecule has 1 aromatic rings. The van der Waals surface area contributed by atoms with Gasteiger partial charge in [-0.1, -0.05) is 30.7 Å². The van der Waals surface area contributed by atoms with E-state index in [0.29, 0.717) is 11.8 Å². The Labute approximate surface area is 124 Å². The van der Waals surface area contributed by atoms with Gasteiger partial charge in [-0.2, -0.15) is 0 Å². The van der Waals surface area contributed by atoms with Gasteiger partial charge in [0.1, 0.15) is 0 Å². The molecule has 4 nitrogen and oxygen atoms in total. The summed E-state index contributed by atoms with van der Waals surface area (Å²) in [7, 11) is 0. The molecule has 1 amide bonds. The van der Waals surface area contributed by atoms with Crippen LogP contribution in [0.1, 0.15) is 42.9 Å². The zero-order valence-electron chi connectivity index (χ0n) is 12.2. The number of nitrogens with one attached hydrogen (secondary N) is 1. The Morgan fingerprint density at radius 1 is 1.29 bits per heavy atom. The summed E-state index contributed by atoms with van der Waals surface area (Å²) in [6.45, 7) is 1.95. The summed E-state index contributed by atoms with van der Waals surface area (Å²) in [5, 5.41) is 12.1. The SMILES string of the molecule is Cc1ccccc1[C@H](CC(=O)O)NC(=O)C1[C@H]2CCC[C@H]12.